The zero-order valence-electron chi connectivity index (χ0n) is 14.7. The number of amides is 3. The summed E-state index contributed by atoms with van der Waals surface area (Å²) < 4.78 is 5.37. The molecule has 0 bridgehead atoms. The fraction of sp³-hybridized carbons (Fsp3) is 0.150. The molecule has 3 amide bonds. The summed E-state index contributed by atoms with van der Waals surface area (Å²) in [6.45, 7) is 1.94. The Morgan fingerprint density at radius 3 is 2.56 bits per heavy atom. The van der Waals surface area contributed by atoms with Gasteiger partial charge in [0.25, 0.3) is 17.1 Å². The number of benzene rings is 2. The summed E-state index contributed by atoms with van der Waals surface area (Å²) in [5.41, 5.74) is 7.70. The third-order valence-electron chi connectivity index (χ3n) is 3.91. The highest BCUT2D eigenvalue weighted by Crippen LogP contribution is 2.34. The van der Waals surface area contributed by atoms with Gasteiger partial charge in [-0.2, -0.15) is 0 Å². The number of ether oxygens (including phenoxy) is 1. The van der Waals surface area contributed by atoms with Crippen molar-refractivity contribution in [2.45, 2.75) is 13.5 Å². The highest BCUT2D eigenvalue weighted by molar-refractivity contribution is 8.18. The monoisotopic (exact) mass is 382 g/mol. The van der Waals surface area contributed by atoms with Crippen molar-refractivity contribution in [1.29, 1.82) is 0 Å². The summed E-state index contributed by atoms with van der Waals surface area (Å²) in [5.74, 6) is -0.528. The molecule has 0 aliphatic carbocycles. The lowest BCUT2D eigenvalue weighted by atomic mass is 10.1. The van der Waals surface area contributed by atoms with E-state index in [-0.39, 0.29) is 24.3 Å². The van der Waals surface area contributed by atoms with Crippen LogP contribution in [0.4, 0.5) is 4.79 Å². The molecule has 2 aromatic rings. The summed E-state index contributed by atoms with van der Waals surface area (Å²) in [6, 6.07) is 14.6. The van der Waals surface area contributed by atoms with E-state index >= 15 is 0 Å². The van der Waals surface area contributed by atoms with Gasteiger partial charge in [-0.05, 0) is 36.4 Å². The smallest absolute Gasteiger partial charge is 0.293 e. The van der Waals surface area contributed by atoms with Crippen molar-refractivity contribution >= 4 is 34.9 Å². The SMILES string of the molecule is Cc1ccc(CN2C(=O)S/C(=C/c3ccccc3OCC(N)=O)C2=O)cc1. The summed E-state index contributed by atoms with van der Waals surface area (Å²) in [7, 11) is 0. The van der Waals surface area contributed by atoms with E-state index in [9.17, 15) is 14.4 Å². The molecule has 1 heterocycles. The van der Waals surface area contributed by atoms with Crippen molar-refractivity contribution in [3.8, 4) is 5.75 Å². The van der Waals surface area contributed by atoms with Gasteiger partial charge in [-0.3, -0.25) is 19.3 Å². The van der Waals surface area contributed by atoms with Gasteiger partial charge in [0.2, 0.25) is 0 Å². The Kier molecular flexibility index (Phi) is 5.61. The molecule has 0 atom stereocenters. The Morgan fingerprint density at radius 2 is 1.85 bits per heavy atom. The van der Waals surface area contributed by atoms with Crippen LogP contribution in [0, 0.1) is 6.92 Å². The molecule has 7 heteroatoms. The van der Waals surface area contributed by atoms with Crippen molar-refractivity contribution in [3.63, 3.8) is 0 Å². The van der Waals surface area contributed by atoms with Gasteiger partial charge in [0, 0.05) is 5.56 Å². The lowest BCUT2D eigenvalue weighted by molar-refractivity contribution is -0.123. The van der Waals surface area contributed by atoms with Crippen LogP contribution < -0.4 is 10.5 Å². The maximum atomic E-state index is 12.7. The Morgan fingerprint density at radius 1 is 1.15 bits per heavy atom. The van der Waals surface area contributed by atoms with Crippen LogP contribution in [0.2, 0.25) is 0 Å². The highest BCUT2D eigenvalue weighted by Gasteiger charge is 2.35. The van der Waals surface area contributed by atoms with E-state index in [1.54, 1.807) is 30.3 Å². The van der Waals surface area contributed by atoms with E-state index in [1.807, 2.05) is 31.2 Å². The maximum Gasteiger partial charge on any atom is 0.293 e. The molecule has 6 nitrogen and oxygen atoms in total. The van der Waals surface area contributed by atoms with E-state index in [4.69, 9.17) is 10.5 Å². The fourth-order valence-electron chi connectivity index (χ4n) is 2.53. The molecule has 138 valence electrons. The second-order valence-electron chi connectivity index (χ2n) is 6.05. The molecule has 1 aliphatic heterocycles. The first-order chi connectivity index (χ1) is 12.9. The molecule has 1 aliphatic rings. The number of hydrogen-bond donors (Lipinski definition) is 1. The molecule has 3 rings (SSSR count). The minimum absolute atomic E-state index is 0.224. The number of imide groups is 1. The van der Waals surface area contributed by atoms with Crippen molar-refractivity contribution in [3.05, 3.63) is 70.1 Å². The van der Waals surface area contributed by atoms with Gasteiger partial charge in [0.15, 0.2) is 6.61 Å². The molecule has 0 spiro atoms. The van der Waals surface area contributed by atoms with Crippen LogP contribution in [0.25, 0.3) is 6.08 Å². The molecule has 2 aromatic carbocycles. The van der Waals surface area contributed by atoms with Gasteiger partial charge < -0.3 is 10.5 Å². The molecular weight excluding hydrogens is 364 g/mol. The van der Waals surface area contributed by atoms with Crippen molar-refractivity contribution < 1.29 is 19.1 Å². The number of primary amides is 1. The minimum Gasteiger partial charge on any atom is -0.483 e. The van der Waals surface area contributed by atoms with Gasteiger partial charge >= 0.3 is 0 Å². The topological polar surface area (TPSA) is 89.7 Å². The van der Waals surface area contributed by atoms with Crippen LogP contribution in [-0.2, 0) is 16.1 Å². The summed E-state index contributed by atoms with van der Waals surface area (Å²) >= 11 is 0.883. The van der Waals surface area contributed by atoms with Crippen molar-refractivity contribution in [2.75, 3.05) is 6.61 Å². The number of nitrogens with two attached hydrogens (primary N) is 1. The molecule has 1 fully saturated rings. The van der Waals surface area contributed by atoms with Crippen molar-refractivity contribution in [2.24, 2.45) is 5.73 Å². The van der Waals surface area contributed by atoms with Crippen molar-refractivity contribution in [1.82, 2.24) is 4.90 Å². The first kappa shape index (κ1) is 18.7. The van der Waals surface area contributed by atoms with Gasteiger partial charge in [-0.15, -0.1) is 0 Å². The third kappa shape index (κ3) is 4.57. The molecule has 0 radical (unpaired) electrons. The number of aryl methyl sites for hydroxylation is 1. The maximum absolute atomic E-state index is 12.7. The number of carbonyl (C=O) groups is 3. The highest BCUT2D eigenvalue weighted by atomic mass is 32.2. The average molecular weight is 382 g/mol. The standard InChI is InChI=1S/C20H18N2O4S/c1-13-6-8-14(9-7-13)11-22-19(24)17(27-20(22)25)10-15-4-2-3-5-16(15)26-12-18(21)23/h2-10H,11-12H2,1H3,(H2,21,23)/b17-10+. The Balaban J connectivity index is 1.80. The second kappa shape index (κ2) is 8.09. The molecule has 0 saturated carbocycles. The quantitative estimate of drug-likeness (QED) is 0.776. The van der Waals surface area contributed by atoms with Crippen LogP contribution in [0.1, 0.15) is 16.7 Å². The molecule has 1 saturated heterocycles. The van der Waals surface area contributed by atoms with E-state index in [0.717, 1.165) is 22.9 Å². The van der Waals surface area contributed by atoms with E-state index in [2.05, 4.69) is 0 Å². The number of hydrogen-bond acceptors (Lipinski definition) is 5. The summed E-state index contributed by atoms with van der Waals surface area (Å²) in [6.07, 6.45) is 1.59. The Bertz CT molecular complexity index is 922. The van der Waals surface area contributed by atoms with Gasteiger partial charge in [-0.25, -0.2) is 0 Å². The zero-order valence-corrected chi connectivity index (χ0v) is 15.5. The van der Waals surface area contributed by atoms with Crippen LogP contribution in [0.5, 0.6) is 5.75 Å². The molecule has 0 aromatic heterocycles. The molecule has 27 heavy (non-hydrogen) atoms. The van der Waals surface area contributed by atoms with Crippen LogP contribution in [0.3, 0.4) is 0 Å². The normalized spacial score (nSPS) is 15.4. The largest absolute Gasteiger partial charge is 0.483 e. The lowest BCUT2D eigenvalue weighted by Crippen LogP contribution is -2.27. The van der Waals surface area contributed by atoms with Crippen LogP contribution >= 0.6 is 11.8 Å². The lowest BCUT2D eigenvalue weighted by Gasteiger charge is -2.12. The predicted molar refractivity (Wildman–Crippen MR) is 104 cm³/mol. The minimum atomic E-state index is -0.594. The number of para-hydroxylation sites is 1. The number of rotatable bonds is 6. The average Bonchev–Trinajstić information content (AvgIpc) is 2.90. The number of nitrogens with zero attached hydrogens (tertiary/aromatic N) is 1. The van der Waals surface area contributed by atoms with Crippen LogP contribution in [-0.4, -0.2) is 28.6 Å². The van der Waals surface area contributed by atoms with Gasteiger partial charge in [-0.1, -0.05) is 48.0 Å². The zero-order chi connectivity index (χ0) is 19.4. The molecule has 2 N–H and O–H groups in total. The fourth-order valence-corrected chi connectivity index (χ4v) is 3.36. The first-order valence-corrected chi connectivity index (χ1v) is 9.07. The van der Waals surface area contributed by atoms with Gasteiger partial charge in [0.05, 0.1) is 11.4 Å². The molecule has 0 unspecified atom stereocenters. The first-order valence-electron chi connectivity index (χ1n) is 8.25. The summed E-state index contributed by atoms with van der Waals surface area (Å²) in [5, 5.41) is -0.317. The number of thioether (sulfide) groups is 1. The number of carbonyl (C=O) groups excluding carboxylic acids is 3. The third-order valence-corrected chi connectivity index (χ3v) is 4.82. The summed E-state index contributed by atoms with van der Waals surface area (Å²) in [4.78, 5) is 37.4. The Labute approximate surface area is 161 Å². The van der Waals surface area contributed by atoms with Crippen LogP contribution in [0.15, 0.2) is 53.4 Å². The molecular formula is C20H18N2O4S. The second-order valence-corrected chi connectivity index (χ2v) is 7.04. The Hall–Kier alpha value is -3.06. The van der Waals surface area contributed by atoms with E-state index in [0.29, 0.717) is 16.2 Å². The predicted octanol–water partition coefficient (Wildman–Crippen LogP) is 3.10. The van der Waals surface area contributed by atoms with E-state index < -0.39 is 5.91 Å². The van der Waals surface area contributed by atoms with Gasteiger partial charge in [0.1, 0.15) is 5.75 Å². The van der Waals surface area contributed by atoms with E-state index in [1.165, 1.54) is 4.90 Å².